The summed E-state index contributed by atoms with van der Waals surface area (Å²) in [5.74, 6) is 12.5. The van der Waals surface area contributed by atoms with Crippen LogP contribution < -0.4 is 23.8 Å². The van der Waals surface area contributed by atoms with Crippen molar-refractivity contribution in [3.8, 4) is 72.4 Å². The molecule has 0 N–H and O–H groups in total. The number of carbonyl (C=O) groups excluding carboxylic acids is 2. The summed E-state index contributed by atoms with van der Waals surface area (Å²) in [7, 11) is 0. The van der Waals surface area contributed by atoms with E-state index in [1.165, 1.54) is 0 Å². The normalized spacial score (nSPS) is 14.7. The largest absolute Gasteiger partial charge is 0.481 e. The summed E-state index contributed by atoms with van der Waals surface area (Å²) in [4.78, 5) is 34.1. The molecule has 10 aromatic carbocycles. The summed E-state index contributed by atoms with van der Waals surface area (Å²) >= 11 is 0. The van der Waals surface area contributed by atoms with Crippen molar-refractivity contribution in [2.45, 2.75) is 36.0 Å². The first-order valence-corrected chi connectivity index (χ1v) is 26.8. The second kappa shape index (κ2) is 21.3. The van der Waals surface area contributed by atoms with E-state index < -0.39 is 16.7 Å². The predicted molar refractivity (Wildman–Crippen MR) is 320 cm³/mol. The van der Waals surface area contributed by atoms with Crippen molar-refractivity contribution in [3.63, 3.8) is 0 Å². The molecule has 10 aromatic rings. The topological polar surface area (TPSA) is 74.3 Å². The molecule has 0 bridgehead atoms. The second-order valence-corrected chi connectivity index (χ2v) is 20.3. The van der Waals surface area contributed by atoms with Gasteiger partial charge in [-0.1, -0.05) is 145 Å². The van der Waals surface area contributed by atoms with Crippen LogP contribution in [0.1, 0.15) is 64.1 Å². The van der Waals surface area contributed by atoms with Crippen LogP contribution in [-0.2, 0) is 20.4 Å². The number of rotatable bonds is 17. The SMILES string of the molecule is C#CCOc1ccc2cc(C3(c4ccc5cc(OCC#C)ccc5c4)C(=O)C(CCCCN4C(=O)C(c5ccc6cc(OCC#C)ccc6c5)(c5ccc6cc(OCC#C)ccc6c5)c5ccccc54)c4ccccc43)ccc2c1. The average molecular weight is 1040 g/mol. The van der Waals surface area contributed by atoms with E-state index in [4.69, 9.17) is 44.6 Å². The Labute approximate surface area is 466 Å². The number of benzene rings is 10. The van der Waals surface area contributed by atoms with Gasteiger partial charge in [-0.3, -0.25) is 9.59 Å². The molecule has 1 unspecified atom stereocenters. The fourth-order valence-corrected chi connectivity index (χ4v) is 12.4. The average Bonchev–Trinajstić information content (AvgIpc) is 4.13. The lowest BCUT2D eigenvalue weighted by atomic mass is 9.68. The van der Waals surface area contributed by atoms with Gasteiger partial charge in [0.15, 0.2) is 5.78 Å². The van der Waals surface area contributed by atoms with Crippen LogP contribution in [-0.4, -0.2) is 44.7 Å². The van der Waals surface area contributed by atoms with Crippen molar-refractivity contribution in [1.82, 2.24) is 0 Å². The number of unbranched alkanes of at least 4 members (excludes halogenated alkanes) is 1. The molecule has 0 saturated carbocycles. The molecule has 1 atom stereocenters. The highest BCUT2D eigenvalue weighted by atomic mass is 16.5. The number of hydrogen-bond acceptors (Lipinski definition) is 6. The van der Waals surface area contributed by atoms with Gasteiger partial charge in [-0.2, -0.15) is 0 Å². The number of amides is 1. The van der Waals surface area contributed by atoms with E-state index in [9.17, 15) is 0 Å². The molecular weight excluding hydrogens is 987 g/mol. The van der Waals surface area contributed by atoms with Crippen LogP contribution in [0.25, 0.3) is 43.1 Å². The van der Waals surface area contributed by atoms with Gasteiger partial charge in [0.25, 0.3) is 0 Å². The number of para-hydroxylation sites is 1. The third kappa shape index (κ3) is 8.68. The van der Waals surface area contributed by atoms with E-state index in [2.05, 4.69) is 121 Å². The molecule has 2 aliphatic rings. The number of ether oxygens (including phenoxy) is 4. The van der Waals surface area contributed by atoms with Crippen molar-refractivity contribution in [1.29, 1.82) is 0 Å². The summed E-state index contributed by atoms with van der Waals surface area (Å²) in [5.41, 5.74) is 4.82. The zero-order valence-corrected chi connectivity index (χ0v) is 43.9. The Hall–Kier alpha value is -10.2. The van der Waals surface area contributed by atoms with Crippen molar-refractivity contribution in [2.75, 3.05) is 37.9 Å². The van der Waals surface area contributed by atoms with Crippen molar-refractivity contribution in [2.24, 2.45) is 0 Å². The number of nitrogens with zero attached hydrogens (tertiary/aromatic N) is 1. The first-order chi connectivity index (χ1) is 39.3. The van der Waals surface area contributed by atoms with Crippen LogP contribution in [0.3, 0.4) is 0 Å². The Bertz CT molecular complexity index is 3820. The molecule has 0 saturated heterocycles. The minimum atomic E-state index is -1.21. The molecule has 12 rings (SSSR count). The van der Waals surface area contributed by atoms with Gasteiger partial charge in [0.1, 0.15) is 60.3 Å². The van der Waals surface area contributed by atoms with Gasteiger partial charge in [0.05, 0.1) is 0 Å². The maximum atomic E-state index is 16.1. The van der Waals surface area contributed by atoms with E-state index in [0.717, 1.165) is 87.7 Å². The zero-order chi connectivity index (χ0) is 54.8. The standard InChI is InChI=1S/C73H53NO6/c1-5-37-77-61-32-24-49-41-57(28-20-53(49)45-61)72(58-29-21-54-46-62(78-38-6-2)33-25-50(54)42-58)67-17-10-9-15-65(67)66(70(72)75)16-13-14-36-74-69-19-12-11-18-68(69)73(71(74)76,59-30-22-55-47-63(79-39-7-3)34-26-51(55)43-59)60-31-23-56-48-64(80-40-8-4)35-27-52(56)44-60/h1-4,9-12,15,17-35,41-48,66H,13-14,16,36-40H2. The van der Waals surface area contributed by atoms with Crippen LogP contribution in [0.4, 0.5) is 5.69 Å². The number of anilines is 1. The van der Waals surface area contributed by atoms with Gasteiger partial charge in [0, 0.05) is 23.7 Å². The number of hydrogen-bond donors (Lipinski definition) is 0. The molecule has 7 nitrogen and oxygen atoms in total. The molecule has 386 valence electrons. The minimum Gasteiger partial charge on any atom is -0.481 e. The number of terminal acetylenes is 4. The quantitative estimate of drug-likeness (QED) is 0.0668. The van der Waals surface area contributed by atoms with Crippen molar-refractivity contribution >= 4 is 60.5 Å². The fraction of sp³-hybridized carbons (Fsp3) is 0.151. The fourth-order valence-electron chi connectivity index (χ4n) is 12.4. The van der Waals surface area contributed by atoms with Crippen LogP contribution >= 0.6 is 0 Å². The third-order valence-electron chi connectivity index (χ3n) is 16.0. The first kappa shape index (κ1) is 50.6. The molecular formula is C73H53NO6. The lowest BCUT2D eigenvalue weighted by Crippen LogP contribution is -2.42. The molecule has 0 aromatic heterocycles. The molecule has 80 heavy (non-hydrogen) atoms. The molecule has 1 heterocycles. The maximum Gasteiger partial charge on any atom is 0.246 e. The lowest BCUT2D eigenvalue weighted by Gasteiger charge is -2.32. The van der Waals surface area contributed by atoms with E-state index in [1.807, 2.05) is 102 Å². The Balaban J connectivity index is 0.894. The van der Waals surface area contributed by atoms with Gasteiger partial charge in [-0.05, 0) is 168 Å². The van der Waals surface area contributed by atoms with Gasteiger partial charge in [-0.25, -0.2) is 0 Å². The van der Waals surface area contributed by atoms with Gasteiger partial charge >= 0.3 is 0 Å². The Morgan fingerprint density at radius 3 is 1.19 bits per heavy atom. The van der Waals surface area contributed by atoms with E-state index >= 15 is 9.59 Å². The zero-order valence-electron chi connectivity index (χ0n) is 43.9. The second-order valence-electron chi connectivity index (χ2n) is 20.3. The van der Waals surface area contributed by atoms with Gasteiger partial charge < -0.3 is 23.8 Å². The highest BCUT2D eigenvalue weighted by molar-refractivity contribution is 6.14. The summed E-state index contributed by atoms with van der Waals surface area (Å²) in [5, 5.41) is 7.71. The maximum absolute atomic E-state index is 16.1. The van der Waals surface area contributed by atoms with Gasteiger partial charge in [0.2, 0.25) is 5.91 Å². The molecule has 0 spiro atoms. The molecule has 7 heteroatoms. The van der Waals surface area contributed by atoms with Crippen LogP contribution in [0.2, 0.25) is 0 Å². The summed E-state index contributed by atoms with van der Waals surface area (Å²) in [6, 6.07) is 65.1. The molecule has 1 aliphatic heterocycles. The highest BCUT2D eigenvalue weighted by Crippen LogP contribution is 2.55. The minimum absolute atomic E-state index is 0.0429. The third-order valence-corrected chi connectivity index (χ3v) is 16.0. The summed E-state index contributed by atoms with van der Waals surface area (Å²) in [6.07, 6.45) is 24.0. The number of fused-ring (bicyclic) bond motifs is 6. The van der Waals surface area contributed by atoms with Crippen LogP contribution in [0, 0.1) is 49.4 Å². The van der Waals surface area contributed by atoms with E-state index in [-0.39, 0.29) is 38.1 Å². The Morgan fingerprint density at radius 2 is 0.762 bits per heavy atom. The Kier molecular flexibility index (Phi) is 13.5. The summed E-state index contributed by atoms with van der Waals surface area (Å²) < 4.78 is 23.2. The van der Waals surface area contributed by atoms with Crippen LogP contribution in [0.5, 0.6) is 23.0 Å². The Morgan fingerprint density at radius 1 is 0.400 bits per heavy atom. The van der Waals surface area contributed by atoms with Crippen LogP contribution in [0.15, 0.2) is 194 Å². The summed E-state index contributed by atoms with van der Waals surface area (Å²) in [6.45, 7) is 1.09. The predicted octanol–water partition coefficient (Wildman–Crippen LogP) is 13.9. The highest BCUT2D eigenvalue weighted by Gasteiger charge is 2.55. The number of ketones is 1. The number of carbonyl (C=O) groups is 2. The smallest absolute Gasteiger partial charge is 0.246 e. The molecule has 0 fully saturated rings. The van der Waals surface area contributed by atoms with E-state index in [0.29, 0.717) is 48.8 Å². The first-order valence-electron chi connectivity index (χ1n) is 26.8. The van der Waals surface area contributed by atoms with Crippen molar-refractivity contribution in [3.05, 3.63) is 233 Å². The molecule has 1 amide bonds. The van der Waals surface area contributed by atoms with E-state index in [1.54, 1.807) is 0 Å². The monoisotopic (exact) mass is 1040 g/mol. The number of Topliss-reactive ketones (excluding diaryl/α,β-unsaturated/α-hetero) is 1. The van der Waals surface area contributed by atoms with Gasteiger partial charge in [-0.15, -0.1) is 25.7 Å². The molecule has 0 radical (unpaired) electrons. The molecule has 1 aliphatic carbocycles. The lowest BCUT2D eigenvalue weighted by molar-refractivity contribution is -0.123. The van der Waals surface area contributed by atoms with Crippen molar-refractivity contribution < 1.29 is 28.5 Å².